The van der Waals surface area contributed by atoms with Crippen LogP contribution in [0.15, 0.2) is 29.3 Å². The van der Waals surface area contributed by atoms with E-state index in [4.69, 9.17) is 0 Å². The van der Waals surface area contributed by atoms with Crippen LogP contribution >= 0.6 is 11.8 Å². The van der Waals surface area contributed by atoms with Crippen molar-refractivity contribution in [1.82, 2.24) is 0 Å². The van der Waals surface area contributed by atoms with E-state index in [9.17, 15) is 0 Å². The summed E-state index contributed by atoms with van der Waals surface area (Å²) in [6, 6.07) is 0.329. The molecule has 1 atom stereocenters. The van der Waals surface area contributed by atoms with Gasteiger partial charge in [-0.05, 0) is 6.92 Å². The minimum absolute atomic E-state index is 0.329. The molecule has 0 fully saturated rings. The summed E-state index contributed by atoms with van der Waals surface area (Å²) in [7, 11) is 0. The lowest BCUT2D eigenvalue weighted by Gasteiger charge is -1.93. The van der Waals surface area contributed by atoms with Crippen molar-refractivity contribution in [3.63, 3.8) is 0 Å². The molecule has 1 rings (SSSR count). The van der Waals surface area contributed by atoms with Gasteiger partial charge in [0.2, 0.25) is 0 Å². The van der Waals surface area contributed by atoms with Crippen LogP contribution in [0.3, 0.4) is 0 Å². The summed E-state index contributed by atoms with van der Waals surface area (Å²) >= 11 is 1.73. The van der Waals surface area contributed by atoms with E-state index in [0.29, 0.717) is 6.04 Å². The molecule has 1 aliphatic rings. The van der Waals surface area contributed by atoms with Crippen molar-refractivity contribution in [3.8, 4) is 0 Å². The van der Waals surface area contributed by atoms with Crippen molar-refractivity contribution < 1.29 is 0 Å². The monoisotopic (exact) mass is 153 g/mol. The predicted octanol–water partition coefficient (Wildman–Crippen LogP) is 2.26. The van der Waals surface area contributed by atoms with Gasteiger partial charge in [0.1, 0.15) is 0 Å². The zero-order valence-corrected chi connectivity index (χ0v) is 6.84. The van der Waals surface area contributed by atoms with Gasteiger partial charge in [-0.1, -0.05) is 24.3 Å². The third kappa shape index (κ3) is 2.87. The van der Waals surface area contributed by atoms with Gasteiger partial charge < -0.3 is 0 Å². The molecule has 1 aliphatic heterocycles. The second-order valence-electron chi connectivity index (χ2n) is 2.14. The minimum Gasteiger partial charge on any atom is -0.279 e. The van der Waals surface area contributed by atoms with E-state index in [-0.39, 0.29) is 0 Å². The van der Waals surface area contributed by atoms with Crippen LogP contribution in [0, 0.1) is 0 Å². The molecule has 0 unspecified atom stereocenters. The smallest absolute Gasteiger partial charge is 0.0660 e. The molecule has 2 heteroatoms. The zero-order valence-electron chi connectivity index (χ0n) is 6.03. The van der Waals surface area contributed by atoms with Gasteiger partial charge in [-0.25, -0.2) is 0 Å². The molecule has 10 heavy (non-hydrogen) atoms. The van der Waals surface area contributed by atoms with E-state index in [1.807, 2.05) is 11.6 Å². The van der Waals surface area contributed by atoms with Crippen molar-refractivity contribution in [2.24, 2.45) is 4.99 Å². The third-order valence-electron chi connectivity index (χ3n) is 1.20. The summed E-state index contributed by atoms with van der Waals surface area (Å²) in [5.74, 6) is 1.03. The fraction of sp³-hybridized carbons (Fsp3) is 0.375. The van der Waals surface area contributed by atoms with Crippen LogP contribution < -0.4 is 0 Å². The summed E-state index contributed by atoms with van der Waals surface area (Å²) in [4.78, 5) is 4.25. The van der Waals surface area contributed by atoms with Crippen LogP contribution in [0.1, 0.15) is 6.92 Å². The lowest BCUT2D eigenvalue weighted by molar-refractivity contribution is 0.936. The van der Waals surface area contributed by atoms with Gasteiger partial charge in [-0.3, -0.25) is 4.99 Å². The van der Waals surface area contributed by atoms with Crippen LogP contribution in [-0.2, 0) is 0 Å². The van der Waals surface area contributed by atoms with Crippen molar-refractivity contribution in [2.75, 3.05) is 5.75 Å². The Morgan fingerprint density at radius 3 is 3.30 bits per heavy atom. The van der Waals surface area contributed by atoms with Crippen molar-refractivity contribution in [1.29, 1.82) is 0 Å². The standard InChI is InChI=1S/C8H11NS/c1-8-5-3-2-4-6-10-7-9-8/h2-5,7-8H,6H2,1H3/b4-2-,5-3-,9-7?/t8-/m1/s1. The zero-order chi connectivity index (χ0) is 7.23. The summed E-state index contributed by atoms with van der Waals surface area (Å²) in [5.41, 5.74) is 1.92. The second kappa shape index (κ2) is 4.34. The average Bonchev–Trinajstić information content (AvgIpc) is 2.02. The summed E-state index contributed by atoms with van der Waals surface area (Å²) in [5, 5.41) is 0. The molecule has 0 aromatic carbocycles. The van der Waals surface area contributed by atoms with E-state index in [2.05, 4.69) is 30.1 Å². The highest BCUT2D eigenvalue weighted by Gasteiger charge is 1.89. The maximum Gasteiger partial charge on any atom is 0.0660 e. The molecule has 0 aliphatic carbocycles. The molecule has 0 aromatic rings. The number of hydrogen-bond donors (Lipinski definition) is 0. The number of aliphatic imine (C=N–C) groups is 1. The van der Waals surface area contributed by atoms with Crippen LogP contribution in [0.5, 0.6) is 0 Å². The van der Waals surface area contributed by atoms with Gasteiger partial charge in [0.05, 0.1) is 11.6 Å². The molecule has 0 radical (unpaired) electrons. The molecule has 0 saturated carbocycles. The Labute approximate surface area is 65.9 Å². The van der Waals surface area contributed by atoms with Crippen molar-refractivity contribution in [2.45, 2.75) is 13.0 Å². The summed E-state index contributed by atoms with van der Waals surface area (Å²) in [6.45, 7) is 2.08. The highest BCUT2D eigenvalue weighted by molar-refractivity contribution is 8.12. The lowest BCUT2D eigenvalue weighted by atomic mass is 10.3. The number of allylic oxidation sites excluding steroid dienone is 2. The Morgan fingerprint density at radius 2 is 2.40 bits per heavy atom. The van der Waals surface area contributed by atoms with E-state index in [1.54, 1.807) is 11.8 Å². The predicted molar refractivity (Wildman–Crippen MR) is 48.7 cm³/mol. The molecule has 0 saturated heterocycles. The van der Waals surface area contributed by atoms with Gasteiger partial charge in [0.15, 0.2) is 0 Å². The number of nitrogens with zero attached hydrogens (tertiary/aromatic N) is 1. The van der Waals surface area contributed by atoms with Gasteiger partial charge >= 0.3 is 0 Å². The van der Waals surface area contributed by atoms with E-state index in [0.717, 1.165) is 5.75 Å². The highest BCUT2D eigenvalue weighted by atomic mass is 32.2. The molecule has 54 valence electrons. The molecule has 1 nitrogen and oxygen atoms in total. The van der Waals surface area contributed by atoms with Gasteiger partial charge in [-0.15, -0.1) is 11.8 Å². The molecular weight excluding hydrogens is 142 g/mol. The van der Waals surface area contributed by atoms with Crippen LogP contribution in [0.4, 0.5) is 0 Å². The number of thioether (sulfide) groups is 1. The van der Waals surface area contributed by atoms with Crippen molar-refractivity contribution in [3.05, 3.63) is 24.3 Å². The molecule has 1 heterocycles. The number of rotatable bonds is 0. The Kier molecular flexibility index (Phi) is 3.30. The van der Waals surface area contributed by atoms with Gasteiger partial charge in [-0.2, -0.15) is 0 Å². The maximum absolute atomic E-state index is 4.25. The lowest BCUT2D eigenvalue weighted by Crippen LogP contribution is -1.89. The number of hydrogen-bond acceptors (Lipinski definition) is 2. The molecular formula is C8H11NS. The van der Waals surface area contributed by atoms with Crippen LogP contribution in [0.25, 0.3) is 0 Å². The van der Waals surface area contributed by atoms with Crippen LogP contribution in [-0.4, -0.2) is 17.3 Å². The quantitative estimate of drug-likeness (QED) is 0.520. The average molecular weight is 153 g/mol. The van der Waals surface area contributed by atoms with E-state index >= 15 is 0 Å². The Bertz CT molecular complexity index is 170. The Hall–Kier alpha value is -0.500. The molecule has 0 bridgehead atoms. The molecule has 0 N–H and O–H groups in total. The summed E-state index contributed by atoms with van der Waals surface area (Å²) in [6.07, 6.45) is 8.33. The fourth-order valence-corrected chi connectivity index (χ4v) is 1.23. The second-order valence-corrected chi connectivity index (χ2v) is 3.02. The first kappa shape index (κ1) is 7.61. The molecule has 0 amide bonds. The van der Waals surface area contributed by atoms with Gasteiger partial charge in [0.25, 0.3) is 0 Å². The first-order valence-corrected chi connectivity index (χ1v) is 4.41. The van der Waals surface area contributed by atoms with Gasteiger partial charge in [0, 0.05) is 5.75 Å². The largest absolute Gasteiger partial charge is 0.279 e. The fourth-order valence-electron chi connectivity index (χ4n) is 0.646. The molecule has 0 spiro atoms. The van der Waals surface area contributed by atoms with Crippen LogP contribution in [0.2, 0.25) is 0 Å². The van der Waals surface area contributed by atoms with E-state index in [1.165, 1.54) is 0 Å². The normalized spacial score (nSPS) is 31.9. The van der Waals surface area contributed by atoms with E-state index < -0.39 is 0 Å². The first-order valence-electron chi connectivity index (χ1n) is 3.36. The third-order valence-corrected chi connectivity index (χ3v) is 1.86. The van der Waals surface area contributed by atoms with Crippen molar-refractivity contribution >= 4 is 17.3 Å². The maximum atomic E-state index is 4.25. The Morgan fingerprint density at radius 1 is 1.50 bits per heavy atom. The minimum atomic E-state index is 0.329. The highest BCUT2D eigenvalue weighted by Crippen LogP contribution is 2.01. The summed E-state index contributed by atoms with van der Waals surface area (Å²) < 4.78 is 0. The first-order chi connectivity index (χ1) is 4.89. The SMILES string of the molecule is C[C@@H]1/C=C\C=C/CSC=N1. The Balaban J connectivity index is 2.55. The molecule has 0 aromatic heterocycles. The topological polar surface area (TPSA) is 12.4 Å².